The quantitative estimate of drug-likeness (QED) is 0.796. The lowest BCUT2D eigenvalue weighted by Crippen LogP contribution is -2.63. The summed E-state index contributed by atoms with van der Waals surface area (Å²) in [5.41, 5.74) is 4.52. The number of aryl methyl sites for hydroxylation is 1. The van der Waals surface area contributed by atoms with Gasteiger partial charge in [0.05, 0.1) is 0 Å². The van der Waals surface area contributed by atoms with Crippen molar-refractivity contribution in [2.75, 3.05) is 13.1 Å². The number of nitrogens with one attached hydrogen (secondary N) is 1. The molecule has 0 spiro atoms. The first-order valence-corrected chi connectivity index (χ1v) is 10.4. The Labute approximate surface area is 158 Å². The molecule has 0 amide bonds. The van der Waals surface area contributed by atoms with Crippen LogP contribution in [0, 0.1) is 5.92 Å². The van der Waals surface area contributed by atoms with Crippen LogP contribution in [0.1, 0.15) is 42.9 Å². The van der Waals surface area contributed by atoms with Crippen molar-refractivity contribution < 1.29 is 0 Å². The fraction of sp³-hybridized carbons (Fsp3) is 0.500. The smallest absolute Gasteiger partial charge is 0.0292 e. The lowest BCUT2D eigenvalue weighted by Gasteiger charge is -2.51. The van der Waals surface area contributed by atoms with Gasteiger partial charge in [-0.25, -0.2) is 0 Å². The first-order chi connectivity index (χ1) is 12.8. The summed E-state index contributed by atoms with van der Waals surface area (Å²) in [4.78, 5) is 2.76. The first-order valence-electron chi connectivity index (χ1n) is 10.4. The van der Waals surface area contributed by atoms with Crippen LogP contribution in [0.3, 0.4) is 0 Å². The van der Waals surface area contributed by atoms with Crippen molar-refractivity contribution >= 4 is 0 Å². The molecule has 138 valence electrons. The maximum absolute atomic E-state index is 3.95. The van der Waals surface area contributed by atoms with Crippen molar-refractivity contribution in [3.63, 3.8) is 0 Å². The number of benzene rings is 2. The minimum absolute atomic E-state index is 0.618. The third kappa shape index (κ3) is 3.87. The highest BCUT2D eigenvalue weighted by molar-refractivity contribution is 5.29. The molecule has 2 aromatic rings. The summed E-state index contributed by atoms with van der Waals surface area (Å²) in [6.07, 6.45) is 6.34. The van der Waals surface area contributed by atoms with Gasteiger partial charge in [0.15, 0.2) is 0 Å². The molecular weight excluding hydrogens is 316 g/mol. The van der Waals surface area contributed by atoms with Crippen molar-refractivity contribution in [1.82, 2.24) is 10.2 Å². The third-order valence-electron chi connectivity index (χ3n) is 6.42. The van der Waals surface area contributed by atoms with Crippen molar-refractivity contribution in [2.45, 2.75) is 57.7 Å². The predicted octanol–water partition coefficient (Wildman–Crippen LogP) is 4.43. The van der Waals surface area contributed by atoms with Gasteiger partial charge in [-0.2, -0.15) is 0 Å². The summed E-state index contributed by atoms with van der Waals surface area (Å²) in [6.45, 7) is 5.85. The average Bonchev–Trinajstić information content (AvgIpc) is 2.70. The fourth-order valence-corrected chi connectivity index (χ4v) is 5.04. The van der Waals surface area contributed by atoms with Crippen LogP contribution in [-0.4, -0.2) is 30.1 Å². The number of fused-ring (bicyclic) bond motifs is 3. The molecule has 1 N–H and O–H groups in total. The molecule has 3 fully saturated rings. The second-order valence-corrected chi connectivity index (χ2v) is 8.06. The van der Waals surface area contributed by atoms with Crippen LogP contribution >= 0.6 is 0 Å². The molecule has 0 radical (unpaired) electrons. The predicted molar refractivity (Wildman–Crippen MR) is 109 cm³/mol. The standard InChI is InChI=1S/C24H32N2/c1-2-8-20-11-6-7-12-22(20)17-23-24(21-13-15-26(23)16-14-21)25-18-19-9-4-3-5-10-19/h3-7,9-12,21,23-25H,2,8,13-18H2,1H3. The number of rotatable bonds is 7. The molecule has 0 aliphatic carbocycles. The maximum Gasteiger partial charge on any atom is 0.0292 e. The van der Waals surface area contributed by atoms with Gasteiger partial charge < -0.3 is 5.32 Å². The number of hydrogen-bond acceptors (Lipinski definition) is 2. The van der Waals surface area contributed by atoms with Gasteiger partial charge in [0.1, 0.15) is 0 Å². The zero-order valence-corrected chi connectivity index (χ0v) is 16.0. The number of nitrogens with zero attached hydrogens (tertiary/aromatic N) is 1. The molecule has 3 heterocycles. The highest BCUT2D eigenvalue weighted by atomic mass is 15.2. The monoisotopic (exact) mass is 348 g/mol. The molecule has 2 unspecified atom stereocenters. The molecule has 2 bridgehead atoms. The van der Waals surface area contributed by atoms with E-state index in [0.29, 0.717) is 12.1 Å². The van der Waals surface area contributed by atoms with E-state index in [1.807, 2.05) is 0 Å². The summed E-state index contributed by atoms with van der Waals surface area (Å²) in [5, 5.41) is 3.95. The Morgan fingerprint density at radius 3 is 2.35 bits per heavy atom. The lowest BCUT2D eigenvalue weighted by atomic mass is 9.76. The Balaban J connectivity index is 1.50. The van der Waals surface area contributed by atoms with Gasteiger partial charge >= 0.3 is 0 Å². The molecule has 2 aromatic carbocycles. The normalized spacial score (nSPS) is 27.6. The van der Waals surface area contributed by atoms with E-state index in [4.69, 9.17) is 0 Å². The Hall–Kier alpha value is -1.64. The van der Waals surface area contributed by atoms with Crippen molar-refractivity contribution in [3.8, 4) is 0 Å². The molecule has 0 saturated carbocycles. The number of hydrogen-bond donors (Lipinski definition) is 1. The summed E-state index contributed by atoms with van der Waals surface area (Å²) < 4.78 is 0. The zero-order valence-electron chi connectivity index (χ0n) is 16.0. The van der Waals surface area contributed by atoms with Gasteiger partial charge in [0.2, 0.25) is 0 Å². The van der Waals surface area contributed by atoms with Crippen LogP contribution in [0.2, 0.25) is 0 Å². The Morgan fingerprint density at radius 1 is 0.923 bits per heavy atom. The van der Waals surface area contributed by atoms with E-state index in [9.17, 15) is 0 Å². The molecule has 26 heavy (non-hydrogen) atoms. The third-order valence-corrected chi connectivity index (χ3v) is 6.42. The van der Waals surface area contributed by atoms with E-state index in [-0.39, 0.29) is 0 Å². The molecular formula is C24H32N2. The minimum atomic E-state index is 0.618. The van der Waals surface area contributed by atoms with E-state index in [0.717, 1.165) is 12.5 Å². The van der Waals surface area contributed by atoms with E-state index in [2.05, 4.69) is 71.7 Å². The van der Waals surface area contributed by atoms with Gasteiger partial charge in [-0.05, 0) is 61.4 Å². The van der Waals surface area contributed by atoms with E-state index in [1.54, 1.807) is 11.1 Å². The van der Waals surface area contributed by atoms with Crippen LogP contribution in [0.25, 0.3) is 0 Å². The molecule has 2 heteroatoms. The fourth-order valence-electron chi connectivity index (χ4n) is 5.04. The molecule has 3 saturated heterocycles. The van der Waals surface area contributed by atoms with Crippen molar-refractivity contribution in [1.29, 1.82) is 0 Å². The van der Waals surface area contributed by atoms with Crippen LogP contribution in [0.15, 0.2) is 54.6 Å². The zero-order chi connectivity index (χ0) is 17.8. The minimum Gasteiger partial charge on any atom is -0.308 e. The van der Waals surface area contributed by atoms with E-state index in [1.165, 1.54) is 50.8 Å². The van der Waals surface area contributed by atoms with Crippen LogP contribution in [0.4, 0.5) is 0 Å². The van der Waals surface area contributed by atoms with Gasteiger partial charge in [-0.1, -0.05) is 67.9 Å². The van der Waals surface area contributed by atoms with E-state index < -0.39 is 0 Å². The van der Waals surface area contributed by atoms with Crippen molar-refractivity contribution in [3.05, 3.63) is 71.3 Å². The molecule has 2 atom stereocenters. The number of piperidine rings is 3. The lowest BCUT2D eigenvalue weighted by molar-refractivity contribution is 0.0126. The summed E-state index contributed by atoms with van der Waals surface area (Å²) in [6, 6.07) is 21.2. The highest BCUT2D eigenvalue weighted by Gasteiger charge is 2.41. The molecule has 0 aromatic heterocycles. The van der Waals surface area contributed by atoms with Crippen molar-refractivity contribution in [2.24, 2.45) is 5.92 Å². The maximum atomic E-state index is 3.95. The molecule has 2 nitrogen and oxygen atoms in total. The van der Waals surface area contributed by atoms with Crippen LogP contribution < -0.4 is 5.32 Å². The Kier molecular flexibility index (Phi) is 5.72. The molecule has 5 rings (SSSR count). The Morgan fingerprint density at radius 2 is 1.62 bits per heavy atom. The Bertz CT molecular complexity index is 688. The van der Waals surface area contributed by atoms with Crippen LogP contribution in [0.5, 0.6) is 0 Å². The topological polar surface area (TPSA) is 15.3 Å². The van der Waals surface area contributed by atoms with Gasteiger partial charge in [0.25, 0.3) is 0 Å². The second kappa shape index (κ2) is 8.37. The second-order valence-electron chi connectivity index (χ2n) is 8.06. The molecule has 3 aliphatic rings. The average molecular weight is 349 g/mol. The van der Waals surface area contributed by atoms with Gasteiger partial charge in [-0.15, -0.1) is 0 Å². The summed E-state index contributed by atoms with van der Waals surface area (Å²) in [7, 11) is 0. The summed E-state index contributed by atoms with van der Waals surface area (Å²) in [5.74, 6) is 0.840. The SMILES string of the molecule is CCCc1ccccc1CC1C(NCc2ccccc2)C2CCN1CC2. The summed E-state index contributed by atoms with van der Waals surface area (Å²) >= 11 is 0. The van der Waals surface area contributed by atoms with E-state index >= 15 is 0 Å². The molecule has 3 aliphatic heterocycles. The van der Waals surface area contributed by atoms with Crippen LogP contribution in [-0.2, 0) is 19.4 Å². The van der Waals surface area contributed by atoms with Gasteiger partial charge in [-0.3, -0.25) is 4.90 Å². The first kappa shape index (κ1) is 17.8. The van der Waals surface area contributed by atoms with Gasteiger partial charge in [0, 0.05) is 18.6 Å². The highest BCUT2D eigenvalue weighted by Crippen LogP contribution is 2.34. The largest absolute Gasteiger partial charge is 0.308 e.